The molecule has 0 bridgehead atoms. The van der Waals surface area contributed by atoms with Crippen LogP contribution < -0.4 is 15.2 Å². The standard InChI is InChI=1S/C20H24N4O3/c1-12-18-19(23-20(25)21-12)24(13(2)22-18)11-14-8-9-16(26-3)17(10-14)27-15-6-4-5-7-15/h8-10,15H,4-7,11H2,1-3H3,(H,21,23,25). The third kappa shape index (κ3) is 3.41. The molecule has 0 aliphatic heterocycles. The predicted octanol–water partition coefficient (Wildman–Crippen LogP) is 3.11. The third-order valence-electron chi connectivity index (χ3n) is 5.15. The Balaban J connectivity index is 1.69. The van der Waals surface area contributed by atoms with Crippen LogP contribution in [0.15, 0.2) is 23.0 Å². The van der Waals surface area contributed by atoms with Gasteiger partial charge in [-0.05, 0) is 57.2 Å². The van der Waals surface area contributed by atoms with Crippen LogP contribution in [0.4, 0.5) is 0 Å². The number of H-pyrrole nitrogens is 1. The van der Waals surface area contributed by atoms with Gasteiger partial charge in [-0.2, -0.15) is 4.98 Å². The number of benzene rings is 1. The maximum absolute atomic E-state index is 11.8. The summed E-state index contributed by atoms with van der Waals surface area (Å²) in [5, 5.41) is 0. The Morgan fingerprint density at radius 2 is 1.96 bits per heavy atom. The van der Waals surface area contributed by atoms with Crippen molar-refractivity contribution >= 4 is 11.2 Å². The molecule has 1 aliphatic rings. The fourth-order valence-electron chi connectivity index (χ4n) is 3.73. The molecule has 3 aromatic rings. The fraction of sp³-hybridized carbons (Fsp3) is 0.450. The molecule has 0 spiro atoms. The maximum Gasteiger partial charge on any atom is 0.347 e. The van der Waals surface area contributed by atoms with Crippen molar-refractivity contribution < 1.29 is 9.47 Å². The van der Waals surface area contributed by atoms with Crippen LogP contribution in [0, 0.1) is 13.8 Å². The van der Waals surface area contributed by atoms with Gasteiger partial charge in [-0.1, -0.05) is 6.07 Å². The van der Waals surface area contributed by atoms with Gasteiger partial charge >= 0.3 is 5.69 Å². The Hall–Kier alpha value is -2.83. The number of rotatable bonds is 5. The van der Waals surface area contributed by atoms with E-state index in [0.717, 1.165) is 46.9 Å². The van der Waals surface area contributed by atoms with E-state index in [9.17, 15) is 4.79 Å². The number of ether oxygens (including phenoxy) is 2. The van der Waals surface area contributed by atoms with E-state index in [1.807, 2.05) is 36.6 Å². The Labute approximate surface area is 157 Å². The molecule has 0 unspecified atom stereocenters. The molecule has 0 radical (unpaired) electrons. The van der Waals surface area contributed by atoms with Crippen molar-refractivity contribution in [2.24, 2.45) is 0 Å². The van der Waals surface area contributed by atoms with Gasteiger partial charge < -0.3 is 19.0 Å². The molecule has 27 heavy (non-hydrogen) atoms. The number of aromatic amines is 1. The number of imidazole rings is 1. The summed E-state index contributed by atoms with van der Waals surface area (Å²) in [5.41, 5.74) is 2.74. The number of nitrogens with one attached hydrogen (secondary N) is 1. The summed E-state index contributed by atoms with van der Waals surface area (Å²) in [5.74, 6) is 2.32. The summed E-state index contributed by atoms with van der Waals surface area (Å²) >= 11 is 0. The van der Waals surface area contributed by atoms with E-state index < -0.39 is 0 Å². The van der Waals surface area contributed by atoms with E-state index in [0.29, 0.717) is 12.2 Å². The van der Waals surface area contributed by atoms with E-state index >= 15 is 0 Å². The minimum Gasteiger partial charge on any atom is -0.493 e. The average Bonchev–Trinajstić information content (AvgIpc) is 3.25. The number of hydrogen-bond donors (Lipinski definition) is 1. The van der Waals surface area contributed by atoms with E-state index in [4.69, 9.17) is 9.47 Å². The largest absolute Gasteiger partial charge is 0.493 e. The van der Waals surface area contributed by atoms with Gasteiger partial charge in [-0.15, -0.1) is 0 Å². The van der Waals surface area contributed by atoms with Crippen LogP contribution in [0.2, 0.25) is 0 Å². The summed E-state index contributed by atoms with van der Waals surface area (Å²) in [6.45, 7) is 4.32. The minimum absolute atomic E-state index is 0.257. The highest BCUT2D eigenvalue weighted by Gasteiger charge is 2.19. The lowest BCUT2D eigenvalue weighted by molar-refractivity contribution is 0.200. The average molecular weight is 368 g/mol. The lowest BCUT2D eigenvalue weighted by atomic mass is 10.2. The number of nitrogens with zero attached hydrogens (tertiary/aromatic N) is 3. The lowest BCUT2D eigenvalue weighted by Gasteiger charge is -2.17. The molecule has 4 rings (SSSR count). The number of fused-ring (bicyclic) bond motifs is 1. The van der Waals surface area contributed by atoms with Crippen LogP contribution in [0.3, 0.4) is 0 Å². The van der Waals surface area contributed by atoms with Crippen molar-refractivity contribution in [1.82, 2.24) is 19.5 Å². The number of methoxy groups -OCH3 is 1. The number of hydrogen-bond acceptors (Lipinski definition) is 5. The van der Waals surface area contributed by atoms with Crippen molar-refractivity contribution in [3.05, 3.63) is 45.8 Å². The van der Waals surface area contributed by atoms with Gasteiger partial charge in [0.25, 0.3) is 0 Å². The first-order chi connectivity index (χ1) is 13.0. The van der Waals surface area contributed by atoms with Crippen molar-refractivity contribution in [2.75, 3.05) is 7.11 Å². The topological polar surface area (TPSA) is 82.0 Å². The SMILES string of the molecule is COc1ccc(Cn2c(C)nc3c(C)[nH]c(=O)nc32)cc1OC1CCCC1. The zero-order valence-corrected chi connectivity index (χ0v) is 15.9. The second kappa shape index (κ2) is 7.06. The van der Waals surface area contributed by atoms with Crippen LogP contribution >= 0.6 is 0 Å². The van der Waals surface area contributed by atoms with Gasteiger partial charge in [0.1, 0.15) is 11.3 Å². The van der Waals surface area contributed by atoms with Crippen molar-refractivity contribution in [3.8, 4) is 11.5 Å². The minimum atomic E-state index is -0.360. The molecule has 2 aromatic heterocycles. The normalized spacial score (nSPS) is 14.8. The van der Waals surface area contributed by atoms with Gasteiger partial charge in [0, 0.05) is 5.69 Å². The molecule has 2 heterocycles. The second-order valence-corrected chi connectivity index (χ2v) is 7.09. The molecule has 142 valence electrons. The summed E-state index contributed by atoms with van der Waals surface area (Å²) in [6.07, 6.45) is 4.86. The third-order valence-corrected chi connectivity index (χ3v) is 5.15. The zero-order valence-electron chi connectivity index (χ0n) is 15.9. The Morgan fingerprint density at radius 3 is 2.70 bits per heavy atom. The van der Waals surface area contributed by atoms with E-state index in [1.54, 1.807) is 7.11 Å². The van der Waals surface area contributed by atoms with Crippen LogP contribution in [0.5, 0.6) is 11.5 Å². The Morgan fingerprint density at radius 1 is 1.19 bits per heavy atom. The first-order valence-electron chi connectivity index (χ1n) is 9.32. The predicted molar refractivity (Wildman–Crippen MR) is 103 cm³/mol. The van der Waals surface area contributed by atoms with E-state index in [2.05, 4.69) is 15.0 Å². The fourth-order valence-corrected chi connectivity index (χ4v) is 3.73. The van der Waals surface area contributed by atoms with Crippen LogP contribution in [-0.4, -0.2) is 32.7 Å². The number of aromatic nitrogens is 4. The molecule has 0 atom stereocenters. The molecule has 1 N–H and O–H groups in total. The summed E-state index contributed by atoms with van der Waals surface area (Å²) < 4.78 is 13.6. The molecule has 0 saturated heterocycles. The number of aryl methyl sites for hydroxylation is 2. The maximum atomic E-state index is 11.8. The highest BCUT2D eigenvalue weighted by molar-refractivity contribution is 5.73. The van der Waals surface area contributed by atoms with Crippen LogP contribution in [-0.2, 0) is 6.54 Å². The lowest BCUT2D eigenvalue weighted by Crippen LogP contribution is -2.14. The summed E-state index contributed by atoms with van der Waals surface area (Å²) in [7, 11) is 1.66. The van der Waals surface area contributed by atoms with E-state index in [-0.39, 0.29) is 11.8 Å². The quantitative estimate of drug-likeness (QED) is 0.748. The van der Waals surface area contributed by atoms with Gasteiger partial charge in [-0.25, -0.2) is 9.78 Å². The molecular weight excluding hydrogens is 344 g/mol. The van der Waals surface area contributed by atoms with Crippen molar-refractivity contribution in [1.29, 1.82) is 0 Å². The van der Waals surface area contributed by atoms with Crippen molar-refractivity contribution in [3.63, 3.8) is 0 Å². The molecule has 7 nitrogen and oxygen atoms in total. The molecule has 0 amide bonds. The van der Waals surface area contributed by atoms with Crippen LogP contribution in [0.25, 0.3) is 11.2 Å². The molecule has 7 heteroatoms. The van der Waals surface area contributed by atoms with Gasteiger partial charge in [-0.3, -0.25) is 0 Å². The van der Waals surface area contributed by atoms with Gasteiger partial charge in [0.2, 0.25) is 0 Å². The molecule has 1 saturated carbocycles. The van der Waals surface area contributed by atoms with Gasteiger partial charge in [0.15, 0.2) is 17.1 Å². The molecule has 1 aromatic carbocycles. The summed E-state index contributed by atoms with van der Waals surface area (Å²) in [4.78, 5) is 23.2. The monoisotopic (exact) mass is 368 g/mol. The zero-order chi connectivity index (χ0) is 19.0. The van der Waals surface area contributed by atoms with Crippen LogP contribution in [0.1, 0.15) is 42.8 Å². The molecular formula is C20H24N4O3. The van der Waals surface area contributed by atoms with Gasteiger partial charge in [0.05, 0.1) is 19.8 Å². The highest BCUT2D eigenvalue weighted by atomic mass is 16.5. The van der Waals surface area contributed by atoms with Crippen molar-refractivity contribution in [2.45, 2.75) is 52.2 Å². The molecule has 1 aliphatic carbocycles. The van der Waals surface area contributed by atoms with E-state index in [1.165, 1.54) is 12.8 Å². The Kier molecular flexibility index (Phi) is 4.59. The first-order valence-corrected chi connectivity index (χ1v) is 9.32. The smallest absolute Gasteiger partial charge is 0.347 e. The molecule has 1 fully saturated rings. The highest BCUT2D eigenvalue weighted by Crippen LogP contribution is 2.33. The summed E-state index contributed by atoms with van der Waals surface area (Å²) in [6, 6.07) is 5.95. The Bertz CT molecular complexity index is 1030. The second-order valence-electron chi connectivity index (χ2n) is 7.09. The first kappa shape index (κ1) is 17.6.